The third kappa shape index (κ3) is 13.3. The predicted octanol–water partition coefficient (Wildman–Crippen LogP) is 8.71. The van der Waals surface area contributed by atoms with Crippen LogP contribution in [0.15, 0.2) is 295 Å². The quantitative estimate of drug-likeness (QED) is 0.111. The summed E-state index contributed by atoms with van der Waals surface area (Å²) in [4.78, 5) is 79.2. The van der Waals surface area contributed by atoms with Crippen molar-refractivity contribution in [3.05, 3.63) is 339 Å². The number of hydrogen-bond donors (Lipinski definition) is 0. The summed E-state index contributed by atoms with van der Waals surface area (Å²) in [5.41, 5.74) is 10.5. The topological polar surface area (TPSA) is 250 Å². The van der Waals surface area contributed by atoms with E-state index in [9.17, 15) is 19.2 Å². The second-order valence-corrected chi connectivity index (χ2v) is 20.8. The number of aromatic nitrogens is 19. The Morgan fingerprint density at radius 1 is 0.283 bits per heavy atom. The minimum atomic E-state index is -0.133. The monoisotopic (exact) mass is 1210 g/mol. The molecule has 448 valence electrons. The Morgan fingerprint density at radius 2 is 0.652 bits per heavy atom. The van der Waals surface area contributed by atoms with E-state index in [0.29, 0.717) is 64.5 Å². The van der Waals surface area contributed by atoms with Gasteiger partial charge in [-0.3, -0.25) is 42.4 Å². The molecule has 23 heteroatoms. The Kier molecular flexibility index (Phi) is 17.0. The fraction of sp³-hybridized carbons (Fsp3) is 0.0580. The molecular formula is C69H53N19O4. The maximum Gasteiger partial charge on any atom is 0.280 e. The van der Waals surface area contributed by atoms with Gasteiger partial charge in [0.05, 0.1) is 107 Å². The van der Waals surface area contributed by atoms with Crippen LogP contribution in [-0.4, -0.2) is 92.3 Å². The van der Waals surface area contributed by atoms with Gasteiger partial charge in [-0.15, -0.1) is 0 Å². The van der Waals surface area contributed by atoms with E-state index in [4.69, 9.17) is 0 Å². The van der Waals surface area contributed by atoms with Crippen LogP contribution in [0.1, 0.15) is 22.3 Å². The van der Waals surface area contributed by atoms with Gasteiger partial charge in [-0.2, -0.15) is 20.4 Å². The van der Waals surface area contributed by atoms with Gasteiger partial charge in [0.2, 0.25) is 0 Å². The predicted molar refractivity (Wildman–Crippen MR) is 348 cm³/mol. The molecule has 0 N–H and O–H groups in total. The Labute approximate surface area is 522 Å². The van der Waals surface area contributed by atoms with Crippen molar-refractivity contribution in [2.75, 3.05) is 0 Å². The molecule has 11 aromatic heterocycles. The van der Waals surface area contributed by atoms with Gasteiger partial charge in [0.15, 0.2) is 11.2 Å². The molecule has 16 aromatic rings. The van der Waals surface area contributed by atoms with E-state index in [1.165, 1.54) is 0 Å². The van der Waals surface area contributed by atoms with Crippen LogP contribution in [0.2, 0.25) is 0 Å². The number of nitrogens with zero attached hydrogens (tertiary/aromatic N) is 19. The molecule has 5 aromatic carbocycles. The van der Waals surface area contributed by atoms with Gasteiger partial charge < -0.3 is 0 Å². The van der Waals surface area contributed by atoms with Crippen molar-refractivity contribution in [1.29, 1.82) is 0 Å². The third-order valence-corrected chi connectivity index (χ3v) is 14.8. The lowest BCUT2D eigenvalue weighted by molar-refractivity contribution is 0.745. The van der Waals surface area contributed by atoms with E-state index in [0.717, 1.165) is 50.5 Å². The van der Waals surface area contributed by atoms with Gasteiger partial charge in [0.1, 0.15) is 6.33 Å². The summed E-state index contributed by atoms with van der Waals surface area (Å²) in [6.45, 7) is 1.90. The molecule has 11 heterocycles. The molecule has 16 rings (SSSR count). The van der Waals surface area contributed by atoms with Gasteiger partial charge in [-0.25, -0.2) is 48.6 Å². The molecular weight excluding hydrogens is 1160 g/mol. The molecule has 0 aliphatic carbocycles. The molecule has 92 heavy (non-hydrogen) atoms. The second kappa shape index (κ2) is 26.9. The molecule has 0 saturated heterocycles. The van der Waals surface area contributed by atoms with Gasteiger partial charge in [0, 0.05) is 68.2 Å². The number of benzene rings is 5. The first-order valence-electron chi connectivity index (χ1n) is 28.9. The molecule has 0 aliphatic heterocycles. The molecule has 0 spiro atoms. The first-order chi connectivity index (χ1) is 45.2. The zero-order chi connectivity index (χ0) is 62.6. The SMILES string of the molecule is O=c1c2ccccc2ncn1Cc1ccc(-n2cccn2)cc1.O=c1c2cccnc2ncn1Cc1ccc(-n2cccn2)cc1.O=c1c2ccncc2ncn1Cc1ccc(-n2cccn2)cc1.O=c1c2ncccc2ncn1Cc1ccc(-n2cccn2)cc1. The maximum absolute atomic E-state index is 12.5. The highest BCUT2D eigenvalue weighted by molar-refractivity contribution is 5.77. The van der Waals surface area contributed by atoms with Crippen molar-refractivity contribution >= 4 is 43.9 Å². The Bertz CT molecular complexity index is 4690. The van der Waals surface area contributed by atoms with Crippen LogP contribution < -0.4 is 22.2 Å². The van der Waals surface area contributed by atoms with E-state index in [1.54, 1.807) is 142 Å². The zero-order valence-electron chi connectivity index (χ0n) is 48.9. The lowest BCUT2D eigenvalue weighted by atomic mass is 10.2. The van der Waals surface area contributed by atoms with Crippen molar-refractivity contribution in [1.82, 2.24) is 92.3 Å². The highest BCUT2D eigenvalue weighted by atomic mass is 16.1. The van der Waals surface area contributed by atoms with Crippen LogP contribution in [0.3, 0.4) is 0 Å². The van der Waals surface area contributed by atoms with Crippen molar-refractivity contribution in [3.8, 4) is 22.7 Å². The van der Waals surface area contributed by atoms with Crippen LogP contribution in [0.25, 0.3) is 66.6 Å². The highest BCUT2D eigenvalue weighted by Gasteiger charge is 2.10. The molecule has 0 unspecified atom stereocenters. The van der Waals surface area contributed by atoms with Crippen LogP contribution >= 0.6 is 0 Å². The fourth-order valence-electron chi connectivity index (χ4n) is 10.0. The van der Waals surface area contributed by atoms with Gasteiger partial charge in [-0.1, -0.05) is 60.7 Å². The molecule has 23 nitrogen and oxygen atoms in total. The number of pyridine rings is 3. The number of fused-ring (bicyclic) bond motifs is 4. The highest BCUT2D eigenvalue weighted by Crippen LogP contribution is 2.16. The maximum atomic E-state index is 12.5. The summed E-state index contributed by atoms with van der Waals surface area (Å²) in [6, 6.07) is 55.4. The summed E-state index contributed by atoms with van der Waals surface area (Å²) in [6.07, 6.45) is 27.2. The molecule has 0 atom stereocenters. The third-order valence-electron chi connectivity index (χ3n) is 14.8. The molecule has 0 saturated carbocycles. The lowest BCUT2D eigenvalue weighted by Crippen LogP contribution is -2.21. The van der Waals surface area contributed by atoms with Crippen molar-refractivity contribution in [2.24, 2.45) is 0 Å². The van der Waals surface area contributed by atoms with Gasteiger partial charge in [0.25, 0.3) is 22.2 Å². The summed E-state index contributed by atoms with van der Waals surface area (Å²) in [7, 11) is 0. The summed E-state index contributed by atoms with van der Waals surface area (Å²) >= 11 is 0. The Morgan fingerprint density at radius 3 is 1.12 bits per heavy atom. The zero-order valence-corrected chi connectivity index (χ0v) is 48.9. The minimum Gasteiger partial charge on any atom is -0.294 e. The van der Waals surface area contributed by atoms with Crippen molar-refractivity contribution in [3.63, 3.8) is 0 Å². The number of rotatable bonds is 12. The van der Waals surface area contributed by atoms with E-state index in [2.05, 4.69) is 55.3 Å². The normalized spacial score (nSPS) is 11.0. The average Bonchev–Trinajstić information content (AvgIpc) is 1.52. The average molecular weight is 1210 g/mol. The van der Waals surface area contributed by atoms with Crippen LogP contribution in [0.5, 0.6) is 0 Å². The molecule has 0 radical (unpaired) electrons. The van der Waals surface area contributed by atoms with E-state index >= 15 is 0 Å². The van der Waals surface area contributed by atoms with Gasteiger partial charge >= 0.3 is 0 Å². The van der Waals surface area contributed by atoms with Crippen molar-refractivity contribution < 1.29 is 0 Å². The Balaban J connectivity index is 0.000000112. The molecule has 0 bridgehead atoms. The summed E-state index contributed by atoms with van der Waals surface area (Å²) in [5.74, 6) is 0. The van der Waals surface area contributed by atoms with Crippen LogP contribution in [0, 0.1) is 0 Å². The first kappa shape index (κ1) is 58.0. The number of hydrogen-bond acceptors (Lipinski definition) is 15. The lowest BCUT2D eigenvalue weighted by Gasteiger charge is -2.08. The molecule has 0 aliphatic rings. The van der Waals surface area contributed by atoms with E-state index in [1.807, 2.05) is 170 Å². The molecule has 0 fully saturated rings. The largest absolute Gasteiger partial charge is 0.294 e. The van der Waals surface area contributed by atoms with Gasteiger partial charge in [-0.05, 0) is 138 Å². The standard InChI is InChI=1S/C18H14N4O.3C17H13N5O/c23-18-16-4-1-2-5-17(16)19-13-21(18)12-14-6-8-15(9-7-14)22-11-3-10-20-22;23-17-15-6-8-18-10-16(15)19-12-21(17)11-13-2-4-14(5-3-13)22-9-1-7-20-22;23-17-16-15(3-1-8-18-16)19-12-21(17)11-13-4-6-14(7-5-13)22-10-2-9-20-22;23-17-15-3-1-8-18-16(15)19-12-21(17)11-13-4-6-14(7-5-13)22-10-2-9-20-22/h1-11,13H,12H2;3*1-10,12H,11H2. The van der Waals surface area contributed by atoms with E-state index in [-0.39, 0.29) is 22.2 Å². The smallest absolute Gasteiger partial charge is 0.280 e. The fourth-order valence-corrected chi connectivity index (χ4v) is 10.0. The number of para-hydroxylation sites is 1. The van der Waals surface area contributed by atoms with Crippen molar-refractivity contribution in [2.45, 2.75) is 26.2 Å². The van der Waals surface area contributed by atoms with E-state index < -0.39 is 0 Å². The first-order valence-corrected chi connectivity index (χ1v) is 28.9. The summed E-state index contributed by atoms with van der Waals surface area (Å²) in [5, 5.41) is 18.5. The Hall–Kier alpha value is -13.1. The minimum absolute atomic E-state index is 0.0215. The van der Waals surface area contributed by atoms with Crippen LogP contribution in [0.4, 0.5) is 0 Å². The molecule has 0 amide bonds. The second-order valence-electron chi connectivity index (χ2n) is 20.8. The van der Waals surface area contributed by atoms with Crippen LogP contribution in [-0.2, 0) is 26.2 Å². The summed E-state index contributed by atoms with van der Waals surface area (Å²) < 4.78 is 13.6.